The average molecular weight is 923 g/mol. The van der Waals surface area contributed by atoms with Crippen LogP contribution in [0, 0.1) is 0 Å². The molecular weight excluding hydrogens is 856 g/mol. The first-order valence-corrected chi connectivity index (χ1v) is 21.9. The lowest BCUT2D eigenvalue weighted by molar-refractivity contribution is -0.378. The number of benzene rings is 1. The topological polar surface area (TPSA) is 357 Å². The molecule has 64 heavy (non-hydrogen) atoms. The minimum atomic E-state index is -2.03. The molecule has 0 aromatic heterocycles. The SMILES string of the molecule is CCCCCc1cc(O[C@H]2O[C@@H](CO)[C@H](O)[C@@H](O[C@H]3O[C@@H](CO)[C@H](O)[C@@H](O[C@H]4O[C@@H](CO)[C@H](O)[C@@H](O)[C@@H]4O)[C@@H]3O)[C@@H]2O)c([C@@H]2C=C(C)CCC2)c(O[C@@H]2O[C@H](CO)[C@@H](O)[C@H](O)[C@H]2O)c1. The molecule has 4 heterocycles. The van der Waals surface area contributed by atoms with E-state index in [4.69, 9.17) is 37.9 Å². The molecular formula is C42H66O22. The second-order valence-corrected chi connectivity index (χ2v) is 17.2. The summed E-state index contributed by atoms with van der Waals surface area (Å²) in [7, 11) is 0. The monoisotopic (exact) mass is 922 g/mol. The van der Waals surface area contributed by atoms with Crippen molar-refractivity contribution < 1.29 is 109 Å². The van der Waals surface area contributed by atoms with Gasteiger partial charge in [0.1, 0.15) is 109 Å². The molecule has 14 N–H and O–H groups in total. The Bertz CT molecular complexity index is 1650. The Hall–Kier alpha value is -2.24. The van der Waals surface area contributed by atoms with Crippen molar-refractivity contribution in [1.29, 1.82) is 0 Å². The van der Waals surface area contributed by atoms with E-state index in [1.165, 1.54) is 0 Å². The number of hydrogen-bond acceptors (Lipinski definition) is 22. The molecule has 0 unspecified atom stereocenters. The molecule has 21 atom stereocenters. The van der Waals surface area contributed by atoms with Crippen molar-refractivity contribution in [1.82, 2.24) is 0 Å². The van der Waals surface area contributed by atoms with Crippen molar-refractivity contribution in [3.8, 4) is 11.5 Å². The van der Waals surface area contributed by atoms with Crippen LogP contribution in [0.1, 0.15) is 69.4 Å². The molecule has 1 aliphatic carbocycles. The highest BCUT2D eigenvalue weighted by Crippen LogP contribution is 2.45. The van der Waals surface area contributed by atoms with Gasteiger partial charge in [0.2, 0.25) is 12.6 Å². The first kappa shape index (κ1) is 51.2. The summed E-state index contributed by atoms with van der Waals surface area (Å²) in [4.78, 5) is 0. The van der Waals surface area contributed by atoms with Gasteiger partial charge in [0, 0.05) is 11.5 Å². The molecule has 366 valence electrons. The summed E-state index contributed by atoms with van der Waals surface area (Å²) in [6.45, 7) is 0.773. The number of aliphatic hydroxyl groups is 14. The highest BCUT2D eigenvalue weighted by atomic mass is 16.8. The number of hydrogen-bond donors (Lipinski definition) is 14. The van der Waals surface area contributed by atoms with E-state index >= 15 is 0 Å². The average Bonchev–Trinajstić information content (AvgIpc) is 3.28. The third kappa shape index (κ3) is 11.0. The van der Waals surface area contributed by atoms with Crippen molar-refractivity contribution in [2.24, 2.45) is 0 Å². The largest absolute Gasteiger partial charge is 0.462 e. The molecule has 0 spiro atoms. The Kier molecular flexibility index (Phi) is 18.1. The van der Waals surface area contributed by atoms with Crippen molar-refractivity contribution >= 4 is 0 Å². The second kappa shape index (κ2) is 22.7. The Labute approximate surface area is 369 Å². The summed E-state index contributed by atoms with van der Waals surface area (Å²) >= 11 is 0. The second-order valence-electron chi connectivity index (χ2n) is 17.2. The molecule has 0 radical (unpaired) electrons. The Morgan fingerprint density at radius 1 is 0.531 bits per heavy atom. The number of unbranched alkanes of at least 4 members (excludes halogenated alkanes) is 2. The summed E-state index contributed by atoms with van der Waals surface area (Å²) in [5, 5.41) is 149. The van der Waals surface area contributed by atoms with Gasteiger partial charge in [-0.1, -0.05) is 31.4 Å². The molecule has 0 amide bonds. The van der Waals surface area contributed by atoms with Crippen LogP contribution >= 0.6 is 0 Å². The maximum Gasteiger partial charge on any atom is 0.229 e. The molecule has 22 nitrogen and oxygen atoms in total. The summed E-state index contributed by atoms with van der Waals surface area (Å²) < 4.78 is 47.2. The zero-order chi connectivity index (χ0) is 46.6. The van der Waals surface area contributed by atoms with E-state index in [1.807, 2.05) is 19.9 Å². The smallest absolute Gasteiger partial charge is 0.229 e. The van der Waals surface area contributed by atoms with E-state index in [-0.39, 0.29) is 11.5 Å². The van der Waals surface area contributed by atoms with Crippen LogP contribution in [0.2, 0.25) is 0 Å². The number of allylic oxidation sites excluding steroid dienone is 2. The third-order valence-electron chi connectivity index (χ3n) is 12.6. The Morgan fingerprint density at radius 2 is 0.953 bits per heavy atom. The highest BCUT2D eigenvalue weighted by Gasteiger charge is 2.54. The van der Waals surface area contributed by atoms with Gasteiger partial charge in [-0.25, -0.2) is 0 Å². The molecule has 5 aliphatic rings. The minimum Gasteiger partial charge on any atom is -0.462 e. The van der Waals surface area contributed by atoms with Crippen LogP contribution in [0.25, 0.3) is 0 Å². The molecule has 4 fully saturated rings. The summed E-state index contributed by atoms with van der Waals surface area (Å²) in [5.74, 6) is -0.127. The number of ether oxygens (including phenoxy) is 8. The van der Waals surface area contributed by atoms with Gasteiger partial charge >= 0.3 is 0 Å². The van der Waals surface area contributed by atoms with Gasteiger partial charge < -0.3 is 109 Å². The van der Waals surface area contributed by atoms with Gasteiger partial charge in [-0.2, -0.15) is 0 Å². The quantitative estimate of drug-likeness (QED) is 0.0518. The van der Waals surface area contributed by atoms with Gasteiger partial charge in [0.05, 0.1) is 26.4 Å². The molecule has 22 heteroatoms. The van der Waals surface area contributed by atoms with E-state index in [1.54, 1.807) is 12.1 Å². The van der Waals surface area contributed by atoms with Crippen molar-refractivity contribution in [2.45, 2.75) is 188 Å². The van der Waals surface area contributed by atoms with Crippen LogP contribution in [0.15, 0.2) is 23.8 Å². The van der Waals surface area contributed by atoms with Crippen molar-refractivity contribution in [3.63, 3.8) is 0 Å². The summed E-state index contributed by atoms with van der Waals surface area (Å²) in [6, 6.07) is 3.45. The lowest BCUT2D eigenvalue weighted by Gasteiger charge is -2.48. The fourth-order valence-corrected chi connectivity index (χ4v) is 8.82. The molecule has 1 aromatic carbocycles. The predicted octanol–water partition coefficient (Wildman–Crippen LogP) is -4.36. The van der Waals surface area contributed by atoms with Gasteiger partial charge in [0.25, 0.3) is 0 Å². The number of aliphatic hydroxyl groups excluding tert-OH is 14. The zero-order valence-electron chi connectivity index (χ0n) is 35.7. The third-order valence-corrected chi connectivity index (χ3v) is 12.6. The first-order chi connectivity index (χ1) is 30.6. The molecule has 6 rings (SSSR count). The van der Waals surface area contributed by atoms with Crippen LogP contribution in [0.4, 0.5) is 0 Å². The van der Waals surface area contributed by atoms with Crippen LogP contribution in [0.5, 0.6) is 11.5 Å². The first-order valence-electron chi connectivity index (χ1n) is 21.9. The minimum absolute atomic E-state index is 0.117. The van der Waals surface area contributed by atoms with E-state index in [2.05, 4.69) is 0 Å². The maximum atomic E-state index is 11.9. The van der Waals surface area contributed by atoms with Crippen LogP contribution in [-0.2, 0) is 34.8 Å². The number of aryl methyl sites for hydroxylation is 1. The van der Waals surface area contributed by atoms with Gasteiger partial charge in [-0.05, 0) is 56.7 Å². The van der Waals surface area contributed by atoms with Crippen molar-refractivity contribution in [2.75, 3.05) is 26.4 Å². The lowest BCUT2D eigenvalue weighted by Crippen LogP contribution is -2.67. The van der Waals surface area contributed by atoms with Crippen LogP contribution < -0.4 is 9.47 Å². The Balaban J connectivity index is 1.32. The normalized spacial score (nSPS) is 43.1. The summed E-state index contributed by atoms with van der Waals surface area (Å²) in [5.41, 5.74) is 2.14. The fourth-order valence-electron chi connectivity index (χ4n) is 8.82. The van der Waals surface area contributed by atoms with E-state index < -0.39 is 155 Å². The number of rotatable bonds is 17. The standard InChI is InChI=1S/C42H66O22/c1-3-4-5-8-18-11-20(57-39-33(53)31(51)27(47)22(13-43)59-39)26(19-9-6-7-17(2)10-19)21(12-18)58-41-35(55)37(29(49)24(15-45)61-41)64-42-36(56)38(30(50)25(16-46)62-42)63-40-34(54)32(52)28(48)23(14-44)60-40/h10-12,19,22-25,27-56H,3-9,13-16H2,1-2H3/t19-,22+,23-,24-,25-,27+,28-,29-,30-,31-,32+,33+,34-,35-,36-,37+,38+,39+,40+,41-,42+/m0/s1. The molecule has 0 saturated carbocycles. The van der Waals surface area contributed by atoms with Crippen LogP contribution in [-0.4, -0.2) is 221 Å². The van der Waals surface area contributed by atoms with E-state index in [0.29, 0.717) is 24.0 Å². The fraction of sp³-hybridized carbons (Fsp3) is 0.810. The molecule has 4 saturated heterocycles. The van der Waals surface area contributed by atoms with Gasteiger partial charge in [0.15, 0.2) is 12.6 Å². The lowest BCUT2D eigenvalue weighted by atomic mass is 9.84. The van der Waals surface area contributed by atoms with Crippen LogP contribution in [0.3, 0.4) is 0 Å². The molecule has 1 aromatic rings. The molecule has 0 bridgehead atoms. The summed E-state index contributed by atoms with van der Waals surface area (Å²) in [6.07, 6.45) is -27.6. The zero-order valence-corrected chi connectivity index (χ0v) is 35.7. The van der Waals surface area contributed by atoms with Gasteiger partial charge in [-0.15, -0.1) is 0 Å². The van der Waals surface area contributed by atoms with Gasteiger partial charge in [-0.3, -0.25) is 0 Å². The predicted molar refractivity (Wildman–Crippen MR) is 214 cm³/mol. The Morgan fingerprint density at radius 3 is 1.42 bits per heavy atom. The molecule has 4 aliphatic heterocycles. The van der Waals surface area contributed by atoms with E-state index in [9.17, 15) is 71.5 Å². The van der Waals surface area contributed by atoms with E-state index in [0.717, 1.165) is 37.7 Å². The van der Waals surface area contributed by atoms with Crippen molar-refractivity contribution in [3.05, 3.63) is 34.9 Å². The maximum absolute atomic E-state index is 11.9. The highest BCUT2D eigenvalue weighted by molar-refractivity contribution is 5.52.